The molecule has 0 aliphatic carbocycles. The molecule has 0 bridgehead atoms. The molecule has 0 aliphatic heterocycles. The standard InChI is InChI=1S/C12H17N3O3S2/c1-2-15-20(17,18)7-6-14-12(16)10-8-11(19-9-10)4-3-5-13/h8-9,15H,2,5-7,13H2,1H3,(H,14,16). The van der Waals surface area contributed by atoms with Gasteiger partial charge < -0.3 is 11.1 Å². The van der Waals surface area contributed by atoms with Crippen molar-refractivity contribution in [1.82, 2.24) is 10.0 Å². The van der Waals surface area contributed by atoms with Crippen molar-refractivity contribution in [3.63, 3.8) is 0 Å². The summed E-state index contributed by atoms with van der Waals surface area (Å²) < 4.78 is 25.1. The number of thiophene rings is 1. The smallest absolute Gasteiger partial charge is 0.252 e. The van der Waals surface area contributed by atoms with Crippen LogP contribution in [0.25, 0.3) is 0 Å². The maximum Gasteiger partial charge on any atom is 0.252 e. The Morgan fingerprint density at radius 1 is 1.50 bits per heavy atom. The minimum absolute atomic E-state index is 0.0633. The maximum absolute atomic E-state index is 11.8. The van der Waals surface area contributed by atoms with Crippen LogP contribution in [0.5, 0.6) is 0 Å². The number of rotatable bonds is 6. The molecular formula is C12H17N3O3S2. The quantitative estimate of drug-likeness (QED) is 0.629. The number of nitrogens with one attached hydrogen (secondary N) is 2. The van der Waals surface area contributed by atoms with Crippen LogP contribution in [-0.2, 0) is 10.0 Å². The van der Waals surface area contributed by atoms with E-state index in [2.05, 4.69) is 21.9 Å². The first-order chi connectivity index (χ1) is 9.48. The summed E-state index contributed by atoms with van der Waals surface area (Å²) in [6, 6.07) is 1.65. The monoisotopic (exact) mass is 315 g/mol. The van der Waals surface area contributed by atoms with Gasteiger partial charge >= 0.3 is 0 Å². The number of amides is 1. The highest BCUT2D eigenvalue weighted by molar-refractivity contribution is 7.89. The Balaban J connectivity index is 2.49. The second-order valence-corrected chi connectivity index (χ2v) is 6.62. The molecule has 0 saturated carbocycles. The molecule has 1 aromatic rings. The fourth-order valence-electron chi connectivity index (χ4n) is 1.35. The van der Waals surface area contributed by atoms with E-state index in [1.54, 1.807) is 18.4 Å². The molecular weight excluding hydrogens is 298 g/mol. The van der Waals surface area contributed by atoms with E-state index in [1.807, 2.05) is 0 Å². The van der Waals surface area contributed by atoms with Gasteiger partial charge in [-0.1, -0.05) is 18.8 Å². The topological polar surface area (TPSA) is 101 Å². The van der Waals surface area contributed by atoms with Crippen molar-refractivity contribution in [3.05, 3.63) is 21.9 Å². The van der Waals surface area contributed by atoms with E-state index in [4.69, 9.17) is 5.73 Å². The molecule has 4 N–H and O–H groups in total. The molecule has 20 heavy (non-hydrogen) atoms. The van der Waals surface area contributed by atoms with Gasteiger partial charge in [-0.2, -0.15) is 0 Å². The summed E-state index contributed by atoms with van der Waals surface area (Å²) in [7, 11) is -3.31. The first-order valence-corrected chi connectivity index (χ1v) is 8.54. The van der Waals surface area contributed by atoms with Crippen molar-refractivity contribution in [2.45, 2.75) is 6.92 Å². The van der Waals surface area contributed by atoms with Crippen LogP contribution in [0.15, 0.2) is 11.4 Å². The van der Waals surface area contributed by atoms with Gasteiger partial charge in [0, 0.05) is 18.5 Å². The van der Waals surface area contributed by atoms with E-state index >= 15 is 0 Å². The first-order valence-electron chi connectivity index (χ1n) is 6.01. The highest BCUT2D eigenvalue weighted by Gasteiger charge is 2.11. The molecule has 1 amide bonds. The van der Waals surface area contributed by atoms with E-state index < -0.39 is 10.0 Å². The van der Waals surface area contributed by atoms with Gasteiger partial charge in [0.1, 0.15) is 0 Å². The van der Waals surface area contributed by atoms with Crippen LogP contribution in [-0.4, -0.2) is 39.7 Å². The van der Waals surface area contributed by atoms with Gasteiger partial charge in [-0.05, 0) is 6.07 Å². The summed E-state index contributed by atoms with van der Waals surface area (Å²) in [6.45, 7) is 2.37. The summed E-state index contributed by atoms with van der Waals surface area (Å²) in [5.74, 6) is 5.08. The lowest BCUT2D eigenvalue weighted by atomic mass is 10.3. The third-order valence-corrected chi connectivity index (χ3v) is 4.51. The van der Waals surface area contributed by atoms with Gasteiger partial charge in [-0.25, -0.2) is 13.1 Å². The highest BCUT2D eigenvalue weighted by Crippen LogP contribution is 2.13. The third kappa shape index (κ3) is 5.71. The molecule has 8 heteroatoms. The Hall–Kier alpha value is -1.40. The van der Waals surface area contributed by atoms with Gasteiger partial charge in [0.15, 0.2) is 0 Å². The van der Waals surface area contributed by atoms with E-state index in [0.717, 1.165) is 4.88 Å². The lowest BCUT2D eigenvalue weighted by Crippen LogP contribution is -2.34. The van der Waals surface area contributed by atoms with Gasteiger partial charge in [0.2, 0.25) is 10.0 Å². The number of carbonyl (C=O) groups is 1. The Bertz CT molecular complexity index is 611. The molecule has 0 atom stereocenters. The van der Waals surface area contributed by atoms with Crippen molar-refractivity contribution in [2.75, 3.05) is 25.4 Å². The van der Waals surface area contributed by atoms with E-state index in [1.165, 1.54) is 11.3 Å². The number of nitrogens with two attached hydrogens (primary N) is 1. The van der Waals surface area contributed by atoms with Crippen LogP contribution < -0.4 is 15.8 Å². The third-order valence-electron chi connectivity index (χ3n) is 2.20. The Morgan fingerprint density at radius 2 is 2.25 bits per heavy atom. The zero-order valence-electron chi connectivity index (χ0n) is 11.1. The average molecular weight is 315 g/mol. The average Bonchev–Trinajstić information content (AvgIpc) is 2.84. The molecule has 1 aromatic heterocycles. The minimum atomic E-state index is -3.31. The normalized spacial score (nSPS) is 10.7. The predicted molar refractivity (Wildman–Crippen MR) is 80.0 cm³/mol. The van der Waals surface area contributed by atoms with E-state index in [9.17, 15) is 13.2 Å². The summed E-state index contributed by atoms with van der Waals surface area (Å²) in [6.07, 6.45) is 0. The van der Waals surface area contributed by atoms with Crippen LogP contribution in [0.3, 0.4) is 0 Å². The van der Waals surface area contributed by atoms with Crippen LogP contribution >= 0.6 is 11.3 Å². The molecule has 110 valence electrons. The molecule has 0 fully saturated rings. The van der Waals surface area contributed by atoms with Crippen LogP contribution in [0.4, 0.5) is 0 Å². The summed E-state index contributed by atoms with van der Waals surface area (Å²) >= 11 is 1.34. The molecule has 0 unspecified atom stereocenters. The largest absolute Gasteiger partial charge is 0.351 e. The van der Waals surface area contributed by atoms with E-state index in [0.29, 0.717) is 12.1 Å². The molecule has 0 radical (unpaired) electrons. The van der Waals surface area contributed by atoms with Gasteiger partial charge in [0.25, 0.3) is 5.91 Å². The van der Waals surface area contributed by atoms with Gasteiger partial charge in [0.05, 0.1) is 22.7 Å². The molecule has 1 heterocycles. The minimum Gasteiger partial charge on any atom is -0.351 e. The van der Waals surface area contributed by atoms with Crippen molar-refractivity contribution in [1.29, 1.82) is 0 Å². The summed E-state index contributed by atoms with van der Waals surface area (Å²) in [5, 5.41) is 4.23. The van der Waals surface area contributed by atoms with Crippen LogP contribution in [0, 0.1) is 11.8 Å². The highest BCUT2D eigenvalue weighted by atomic mass is 32.2. The second-order valence-electron chi connectivity index (χ2n) is 3.78. The van der Waals surface area contributed by atoms with E-state index in [-0.39, 0.29) is 24.7 Å². The van der Waals surface area contributed by atoms with Crippen molar-refractivity contribution in [3.8, 4) is 11.8 Å². The maximum atomic E-state index is 11.8. The zero-order valence-corrected chi connectivity index (χ0v) is 12.7. The number of carbonyl (C=O) groups excluding carboxylic acids is 1. The Labute approximate surface area is 122 Å². The summed E-state index contributed by atoms with van der Waals surface area (Å²) in [4.78, 5) is 12.5. The molecule has 0 aliphatic rings. The second kappa shape index (κ2) is 8.01. The molecule has 6 nitrogen and oxygen atoms in total. The predicted octanol–water partition coefficient (Wildman–Crippen LogP) is -0.273. The van der Waals surface area contributed by atoms with Crippen LogP contribution in [0.2, 0.25) is 0 Å². The van der Waals surface area contributed by atoms with Gasteiger partial charge in [-0.3, -0.25) is 4.79 Å². The number of sulfonamides is 1. The Morgan fingerprint density at radius 3 is 2.90 bits per heavy atom. The first kappa shape index (κ1) is 16.7. The Kier molecular flexibility index (Phi) is 6.67. The van der Waals surface area contributed by atoms with Crippen LogP contribution in [0.1, 0.15) is 22.2 Å². The van der Waals surface area contributed by atoms with Gasteiger partial charge in [-0.15, -0.1) is 11.3 Å². The lowest BCUT2D eigenvalue weighted by molar-refractivity contribution is 0.0956. The van der Waals surface area contributed by atoms with Crippen molar-refractivity contribution in [2.24, 2.45) is 5.73 Å². The van der Waals surface area contributed by atoms with Crippen molar-refractivity contribution >= 4 is 27.3 Å². The SMILES string of the molecule is CCNS(=O)(=O)CCNC(=O)c1csc(C#CCN)c1. The fourth-order valence-corrected chi connectivity index (χ4v) is 3.06. The summed E-state index contributed by atoms with van der Waals surface area (Å²) in [5.41, 5.74) is 5.73. The van der Waals surface area contributed by atoms with Crippen molar-refractivity contribution < 1.29 is 13.2 Å². The zero-order chi connectivity index (χ0) is 15.0. The molecule has 0 aromatic carbocycles. The fraction of sp³-hybridized carbons (Fsp3) is 0.417. The molecule has 0 spiro atoms. The molecule has 1 rings (SSSR count). The molecule has 0 saturated heterocycles. The number of hydrogen-bond donors (Lipinski definition) is 3. The lowest BCUT2D eigenvalue weighted by Gasteiger charge is -2.05. The number of hydrogen-bond acceptors (Lipinski definition) is 5.